The van der Waals surface area contributed by atoms with E-state index >= 15 is 0 Å². The molecule has 0 saturated heterocycles. The maximum Gasteiger partial charge on any atom is 0.119 e. The Kier molecular flexibility index (Phi) is 9.88. The Hall–Kier alpha value is -4.44. The molecule has 0 aliphatic rings. The van der Waals surface area contributed by atoms with Gasteiger partial charge in [-0.2, -0.15) is 0 Å². The molecule has 0 amide bonds. The SMILES string of the molecule is CCOc1ccc(Nc2ccc(C(c3ccc(N(CC)CC)cc3)c3ccc(N(CC)CC)cc3)c3ccccc23)cc1. The van der Waals surface area contributed by atoms with E-state index < -0.39 is 0 Å². The number of hydrogen-bond donors (Lipinski definition) is 1. The standard InChI is InChI=1S/C39H45N3O/c1-6-41(7-2)32-21-15-29(16-22-32)39(30-17-23-33(24-18-30)42(8-3)9-4)37-27-28-38(36-14-12-11-13-35(36)37)40-31-19-25-34(26-20-31)43-10-5/h11-28,39-40H,6-10H2,1-5H3. The molecule has 0 saturated carbocycles. The van der Waals surface area contributed by atoms with Gasteiger partial charge in [0.05, 0.1) is 6.61 Å². The molecule has 4 heteroatoms. The summed E-state index contributed by atoms with van der Waals surface area (Å²) >= 11 is 0. The molecule has 0 atom stereocenters. The van der Waals surface area contributed by atoms with Gasteiger partial charge in [-0.1, -0.05) is 54.6 Å². The van der Waals surface area contributed by atoms with Crippen molar-refractivity contribution in [3.05, 3.63) is 126 Å². The summed E-state index contributed by atoms with van der Waals surface area (Å²) in [7, 11) is 0. The van der Waals surface area contributed by atoms with Crippen LogP contribution in [-0.4, -0.2) is 32.8 Å². The fourth-order valence-corrected chi connectivity index (χ4v) is 6.12. The Morgan fingerprint density at radius 3 is 1.56 bits per heavy atom. The topological polar surface area (TPSA) is 27.7 Å². The number of rotatable bonds is 13. The minimum absolute atomic E-state index is 0.0981. The van der Waals surface area contributed by atoms with Crippen LogP contribution in [0.25, 0.3) is 10.8 Å². The van der Waals surface area contributed by atoms with Crippen LogP contribution < -0.4 is 19.9 Å². The summed E-state index contributed by atoms with van der Waals surface area (Å²) in [5.41, 5.74) is 8.56. The molecule has 0 spiro atoms. The van der Waals surface area contributed by atoms with Crippen molar-refractivity contribution in [2.24, 2.45) is 0 Å². The maximum absolute atomic E-state index is 5.64. The van der Waals surface area contributed by atoms with Crippen molar-refractivity contribution >= 4 is 33.5 Å². The van der Waals surface area contributed by atoms with Gasteiger partial charge in [0.25, 0.3) is 0 Å². The predicted molar refractivity (Wildman–Crippen MR) is 186 cm³/mol. The third-order valence-corrected chi connectivity index (χ3v) is 8.42. The van der Waals surface area contributed by atoms with E-state index in [9.17, 15) is 0 Å². The van der Waals surface area contributed by atoms with Gasteiger partial charge < -0.3 is 19.9 Å². The van der Waals surface area contributed by atoms with Gasteiger partial charge in [0.1, 0.15) is 5.75 Å². The molecule has 222 valence electrons. The molecule has 0 heterocycles. The van der Waals surface area contributed by atoms with Gasteiger partial charge in [0, 0.05) is 60.2 Å². The van der Waals surface area contributed by atoms with E-state index in [1.807, 2.05) is 19.1 Å². The fourth-order valence-electron chi connectivity index (χ4n) is 6.12. The smallest absolute Gasteiger partial charge is 0.119 e. The Balaban J connectivity index is 1.59. The van der Waals surface area contributed by atoms with E-state index in [0.717, 1.165) is 43.3 Å². The molecule has 43 heavy (non-hydrogen) atoms. The van der Waals surface area contributed by atoms with Crippen LogP contribution in [0.3, 0.4) is 0 Å². The van der Waals surface area contributed by atoms with E-state index in [2.05, 4.69) is 140 Å². The average Bonchev–Trinajstić information content (AvgIpc) is 3.05. The number of nitrogens with one attached hydrogen (secondary N) is 1. The fraction of sp³-hybridized carbons (Fsp3) is 0.282. The summed E-state index contributed by atoms with van der Waals surface area (Å²) in [5, 5.41) is 6.12. The third kappa shape index (κ3) is 6.64. The lowest BCUT2D eigenvalue weighted by atomic mass is 9.82. The molecule has 0 aliphatic heterocycles. The number of hydrogen-bond acceptors (Lipinski definition) is 4. The van der Waals surface area contributed by atoms with Crippen LogP contribution in [0.5, 0.6) is 5.75 Å². The summed E-state index contributed by atoms with van der Waals surface area (Å²) in [4.78, 5) is 4.79. The minimum Gasteiger partial charge on any atom is -0.494 e. The summed E-state index contributed by atoms with van der Waals surface area (Å²) in [6.07, 6.45) is 0. The monoisotopic (exact) mass is 571 g/mol. The van der Waals surface area contributed by atoms with Crippen LogP contribution in [0.15, 0.2) is 109 Å². The highest BCUT2D eigenvalue weighted by Crippen LogP contribution is 2.40. The first kappa shape index (κ1) is 30.0. The molecule has 5 rings (SSSR count). The van der Waals surface area contributed by atoms with Gasteiger partial charge in [-0.05, 0) is 111 Å². The van der Waals surface area contributed by atoms with Gasteiger partial charge in [0.15, 0.2) is 0 Å². The zero-order chi connectivity index (χ0) is 30.2. The lowest BCUT2D eigenvalue weighted by molar-refractivity contribution is 0.340. The molecule has 1 N–H and O–H groups in total. The van der Waals surface area contributed by atoms with E-state index in [1.165, 1.54) is 38.8 Å². The molecule has 0 radical (unpaired) electrons. The van der Waals surface area contributed by atoms with Crippen molar-refractivity contribution in [2.75, 3.05) is 47.9 Å². The van der Waals surface area contributed by atoms with Crippen LogP contribution in [-0.2, 0) is 0 Å². The maximum atomic E-state index is 5.64. The first-order valence-corrected chi connectivity index (χ1v) is 15.8. The molecule has 0 aliphatic carbocycles. The molecular weight excluding hydrogens is 526 g/mol. The Bertz CT molecular complexity index is 1530. The van der Waals surface area contributed by atoms with Gasteiger partial charge in [-0.25, -0.2) is 0 Å². The zero-order valence-corrected chi connectivity index (χ0v) is 26.3. The lowest BCUT2D eigenvalue weighted by Crippen LogP contribution is -2.22. The van der Waals surface area contributed by atoms with E-state index in [4.69, 9.17) is 4.74 Å². The van der Waals surface area contributed by atoms with Crippen LogP contribution >= 0.6 is 0 Å². The highest BCUT2D eigenvalue weighted by Gasteiger charge is 2.21. The van der Waals surface area contributed by atoms with Crippen molar-refractivity contribution in [2.45, 2.75) is 40.5 Å². The predicted octanol–water partition coefficient (Wildman–Crippen LogP) is 9.85. The molecule has 0 bridgehead atoms. The summed E-state index contributed by atoms with van der Waals surface area (Å²) in [5.74, 6) is 0.982. The van der Waals surface area contributed by atoms with Crippen LogP contribution in [0.1, 0.15) is 57.2 Å². The zero-order valence-electron chi connectivity index (χ0n) is 26.3. The Morgan fingerprint density at radius 2 is 1.07 bits per heavy atom. The molecular formula is C39H45N3O. The first-order chi connectivity index (χ1) is 21.1. The Morgan fingerprint density at radius 1 is 0.558 bits per heavy atom. The molecule has 5 aromatic carbocycles. The Labute approximate surface area is 257 Å². The largest absolute Gasteiger partial charge is 0.494 e. The van der Waals surface area contributed by atoms with Crippen molar-refractivity contribution in [1.29, 1.82) is 0 Å². The minimum atomic E-state index is 0.0981. The molecule has 4 nitrogen and oxygen atoms in total. The number of anilines is 4. The summed E-state index contributed by atoms with van der Waals surface area (Å²) in [6.45, 7) is 15.5. The first-order valence-electron chi connectivity index (χ1n) is 15.8. The number of ether oxygens (including phenoxy) is 1. The number of nitrogens with zero attached hydrogens (tertiary/aromatic N) is 2. The van der Waals surface area contributed by atoms with Crippen molar-refractivity contribution < 1.29 is 4.74 Å². The average molecular weight is 572 g/mol. The third-order valence-electron chi connectivity index (χ3n) is 8.42. The van der Waals surface area contributed by atoms with Crippen molar-refractivity contribution in [3.8, 4) is 5.75 Å². The van der Waals surface area contributed by atoms with E-state index in [-0.39, 0.29) is 5.92 Å². The summed E-state index contributed by atoms with van der Waals surface area (Å²) < 4.78 is 5.64. The van der Waals surface area contributed by atoms with Crippen LogP contribution in [0, 0.1) is 0 Å². The van der Waals surface area contributed by atoms with Gasteiger partial charge >= 0.3 is 0 Å². The van der Waals surface area contributed by atoms with Gasteiger partial charge in [0.2, 0.25) is 0 Å². The lowest BCUT2D eigenvalue weighted by Gasteiger charge is -2.26. The molecule has 0 unspecified atom stereocenters. The molecule has 5 aromatic rings. The number of benzene rings is 5. The normalized spacial score (nSPS) is 11.1. The highest BCUT2D eigenvalue weighted by molar-refractivity contribution is 5.98. The second-order valence-corrected chi connectivity index (χ2v) is 10.8. The van der Waals surface area contributed by atoms with Gasteiger partial charge in [-0.15, -0.1) is 0 Å². The van der Waals surface area contributed by atoms with Crippen molar-refractivity contribution in [1.82, 2.24) is 0 Å². The second kappa shape index (κ2) is 14.2. The van der Waals surface area contributed by atoms with Gasteiger partial charge in [-0.3, -0.25) is 0 Å². The van der Waals surface area contributed by atoms with Crippen molar-refractivity contribution in [3.63, 3.8) is 0 Å². The molecule has 0 fully saturated rings. The van der Waals surface area contributed by atoms with Crippen LogP contribution in [0.2, 0.25) is 0 Å². The van der Waals surface area contributed by atoms with E-state index in [1.54, 1.807) is 0 Å². The summed E-state index contributed by atoms with van der Waals surface area (Å²) in [6, 6.07) is 39.9. The highest BCUT2D eigenvalue weighted by atomic mass is 16.5. The molecule has 0 aromatic heterocycles. The van der Waals surface area contributed by atoms with E-state index in [0.29, 0.717) is 6.61 Å². The second-order valence-electron chi connectivity index (χ2n) is 10.8. The quantitative estimate of drug-likeness (QED) is 0.142. The van der Waals surface area contributed by atoms with Crippen LogP contribution in [0.4, 0.5) is 22.7 Å². The number of fused-ring (bicyclic) bond motifs is 1.